The zero-order chi connectivity index (χ0) is 12.5. The van der Waals surface area contributed by atoms with Gasteiger partial charge in [0, 0.05) is 0 Å². The molecule has 4 nitrogen and oxygen atoms in total. The second kappa shape index (κ2) is 7.74. The van der Waals surface area contributed by atoms with Crippen molar-refractivity contribution in [2.24, 2.45) is 0 Å². The van der Waals surface area contributed by atoms with Gasteiger partial charge in [-0.3, -0.25) is 0 Å². The molecule has 2 N–H and O–H groups in total. The maximum absolute atomic E-state index is 5.23. The van der Waals surface area contributed by atoms with Crippen molar-refractivity contribution >= 4 is 0 Å². The Hall–Kier alpha value is -1.52. The molecule has 0 aliphatic rings. The lowest BCUT2D eigenvalue weighted by molar-refractivity contribution is 0.468. The maximum atomic E-state index is 5.23. The molecule has 0 unspecified atom stereocenters. The molecule has 4 heteroatoms. The molecule has 0 spiro atoms. The molecular weight excluding hydrogens is 228 g/mol. The Morgan fingerprint density at radius 2 is 1.28 bits per heavy atom. The van der Waals surface area contributed by atoms with Gasteiger partial charge >= 0.3 is 0 Å². The van der Waals surface area contributed by atoms with Crippen molar-refractivity contribution < 1.29 is 8.83 Å². The first-order valence-electron chi connectivity index (χ1n) is 6.41. The molecule has 2 heterocycles. The molecule has 18 heavy (non-hydrogen) atoms. The van der Waals surface area contributed by atoms with Crippen LogP contribution in [0.2, 0.25) is 0 Å². The first kappa shape index (κ1) is 12.9. The van der Waals surface area contributed by atoms with Crippen LogP contribution in [-0.4, -0.2) is 13.1 Å². The van der Waals surface area contributed by atoms with E-state index in [1.54, 1.807) is 12.5 Å². The summed E-state index contributed by atoms with van der Waals surface area (Å²) < 4.78 is 10.5. The van der Waals surface area contributed by atoms with Crippen molar-refractivity contribution in [2.75, 3.05) is 13.1 Å². The van der Waals surface area contributed by atoms with E-state index in [0.29, 0.717) is 0 Å². The van der Waals surface area contributed by atoms with Crippen molar-refractivity contribution in [1.82, 2.24) is 10.6 Å². The van der Waals surface area contributed by atoms with Crippen molar-refractivity contribution in [3.63, 3.8) is 0 Å². The van der Waals surface area contributed by atoms with E-state index in [4.69, 9.17) is 8.83 Å². The topological polar surface area (TPSA) is 50.3 Å². The molecule has 2 aromatic heterocycles. The average Bonchev–Trinajstić information content (AvgIpc) is 3.05. The van der Waals surface area contributed by atoms with Crippen LogP contribution in [0.3, 0.4) is 0 Å². The van der Waals surface area contributed by atoms with Gasteiger partial charge in [-0.25, -0.2) is 0 Å². The van der Waals surface area contributed by atoms with E-state index in [1.807, 2.05) is 24.3 Å². The van der Waals surface area contributed by atoms with Gasteiger partial charge in [-0.05, 0) is 50.2 Å². The Labute approximate surface area is 107 Å². The van der Waals surface area contributed by atoms with Crippen LogP contribution in [0.5, 0.6) is 0 Å². The smallest absolute Gasteiger partial charge is 0.117 e. The fraction of sp³-hybridized carbons (Fsp3) is 0.429. The molecule has 0 aliphatic heterocycles. The zero-order valence-corrected chi connectivity index (χ0v) is 10.5. The van der Waals surface area contributed by atoms with Crippen LogP contribution in [0.4, 0.5) is 0 Å². The Bertz CT molecular complexity index is 355. The third kappa shape index (κ3) is 4.77. The minimum absolute atomic E-state index is 0.812. The highest BCUT2D eigenvalue weighted by Crippen LogP contribution is 1.99. The van der Waals surface area contributed by atoms with Gasteiger partial charge in [-0.2, -0.15) is 0 Å². The molecule has 0 aliphatic carbocycles. The summed E-state index contributed by atoms with van der Waals surface area (Å²) in [7, 11) is 0. The Balaban J connectivity index is 1.40. The Kier molecular flexibility index (Phi) is 5.56. The molecule has 2 rings (SSSR count). The highest BCUT2D eigenvalue weighted by atomic mass is 16.3. The molecule has 0 amide bonds. The van der Waals surface area contributed by atoms with E-state index in [2.05, 4.69) is 10.6 Å². The summed E-state index contributed by atoms with van der Waals surface area (Å²) in [6, 6.07) is 7.79. The zero-order valence-electron chi connectivity index (χ0n) is 10.5. The minimum Gasteiger partial charge on any atom is -0.468 e. The highest BCUT2D eigenvalue weighted by molar-refractivity contribution is 4.97. The molecule has 0 saturated heterocycles. The van der Waals surface area contributed by atoms with Crippen molar-refractivity contribution in [2.45, 2.75) is 25.9 Å². The summed E-state index contributed by atoms with van der Waals surface area (Å²) in [5.74, 6) is 1.98. The van der Waals surface area contributed by atoms with Gasteiger partial charge < -0.3 is 19.5 Å². The second-order valence-corrected chi connectivity index (χ2v) is 4.22. The summed E-state index contributed by atoms with van der Waals surface area (Å²) in [5, 5.41) is 6.70. The quantitative estimate of drug-likeness (QED) is 0.670. The molecule has 0 aromatic carbocycles. The molecule has 98 valence electrons. The van der Waals surface area contributed by atoms with Crippen molar-refractivity contribution in [3.05, 3.63) is 48.3 Å². The van der Waals surface area contributed by atoms with Crippen LogP contribution >= 0.6 is 0 Å². The lowest BCUT2D eigenvalue weighted by atomic mass is 10.3. The van der Waals surface area contributed by atoms with E-state index in [0.717, 1.165) is 50.5 Å². The number of nitrogens with one attached hydrogen (secondary N) is 2. The van der Waals surface area contributed by atoms with E-state index in [1.165, 1.54) is 0 Å². The summed E-state index contributed by atoms with van der Waals surface area (Å²) in [5.41, 5.74) is 0. The normalized spacial score (nSPS) is 10.9. The van der Waals surface area contributed by atoms with Gasteiger partial charge in [0.2, 0.25) is 0 Å². The Morgan fingerprint density at radius 3 is 1.67 bits per heavy atom. The van der Waals surface area contributed by atoms with E-state index >= 15 is 0 Å². The number of furan rings is 2. The fourth-order valence-electron chi connectivity index (χ4n) is 1.75. The predicted molar refractivity (Wildman–Crippen MR) is 70.1 cm³/mol. The van der Waals surface area contributed by atoms with Gasteiger partial charge in [0.15, 0.2) is 0 Å². The molecule has 0 atom stereocenters. The largest absolute Gasteiger partial charge is 0.468 e. The van der Waals surface area contributed by atoms with Crippen molar-refractivity contribution in [1.29, 1.82) is 0 Å². The van der Waals surface area contributed by atoms with Gasteiger partial charge in [0.25, 0.3) is 0 Å². The molecule has 0 saturated carbocycles. The van der Waals surface area contributed by atoms with Crippen LogP contribution in [0, 0.1) is 0 Å². The summed E-state index contributed by atoms with van der Waals surface area (Å²) in [6.45, 7) is 3.66. The Morgan fingerprint density at radius 1 is 0.778 bits per heavy atom. The fourth-order valence-corrected chi connectivity index (χ4v) is 1.75. The van der Waals surface area contributed by atoms with E-state index < -0.39 is 0 Å². The lowest BCUT2D eigenvalue weighted by Crippen LogP contribution is -2.18. The molecule has 2 aromatic rings. The minimum atomic E-state index is 0.812. The van der Waals surface area contributed by atoms with Gasteiger partial charge in [0.05, 0.1) is 25.6 Å². The third-order valence-corrected chi connectivity index (χ3v) is 2.72. The van der Waals surface area contributed by atoms with Crippen LogP contribution in [0.15, 0.2) is 45.6 Å². The monoisotopic (exact) mass is 248 g/mol. The first-order valence-corrected chi connectivity index (χ1v) is 6.41. The number of hydrogen-bond acceptors (Lipinski definition) is 4. The summed E-state index contributed by atoms with van der Waals surface area (Å²) in [4.78, 5) is 0. The number of hydrogen-bond donors (Lipinski definition) is 2. The summed E-state index contributed by atoms with van der Waals surface area (Å²) in [6.07, 6.45) is 5.73. The standard InChI is InChI=1S/C14H20N2O2/c1(7-15-11-13-5-3-9-17-13)2-8-16-12-14-6-4-10-18-14/h3-6,9-10,15-16H,1-2,7-8,11-12H2. The molecule has 0 bridgehead atoms. The average molecular weight is 248 g/mol. The van der Waals surface area contributed by atoms with Crippen LogP contribution in [-0.2, 0) is 13.1 Å². The molecular formula is C14H20N2O2. The van der Waals surface area contributed by atoms with Gasteiger partial charge in [-0.1, -0.05) is 0 Å². The van der Waals surface area contributed by atoms with Crippen LogP contribution < -0.4 is 10.6 Å². The van der Waals surface area contributed by atoms with Gasteiger partial charge in [0.1, 0.15) is 11.5 Å². The van der Waals surface area contributed by atoms with Crippen molar-refractivity contribution in [3.8, 4) is 0 Å². The highest BCUT2D eigenvalue weighted by Gasteiger charge is 1.96. The second-order valence-electron chi connectivity index (χ2n) is 4.22. The number of rotatable bonds is 9. The molecule has 0 fully saturated rings. The maximum Gasteiger partial charge on any atom is 0.117 e. The van der Waals surface area contributed by atoms with Gasteiger partial charge in [-0.15, -0.1) is 0 Å². The van der Waals surface area contributed by atoms with E-state index in [-0.39, 0.29) is 0 Å². The summed E-state index contributed by atoms with van der Waals surface area (Å²) >= 11 is 0. The third-order valence-electron chi connectivity index (χ3n) is 2.72. The van der Waals surface area contributed by atoms with Crippen LogP contribution in [0.1, 0.15) is 24.4 Å². The van der Waals surface area contributed by atoms with E-state index in [9.17, 15) is 0 Å². The predicted octanol–water partition coefficient (Wildman–Crippen LogP) is 2.53. The lowest BCUT2D eigenvalue weighted by Gasteiger charge is -2.04. The molecule has 0 radical (unpaired) electrons. The van der Waals surface area contributed by atoms with Crippen LogP contribution in [0.25, 0.3) is 0 Å². The first-order chi connectivity index (χ1) is 8.95. The SMILES string of the molecule is c1coc(CNCCCCNCc2ccco2)c1. The number of unbranched alkanes of at least 4 members (excludes halogenated alkanes) is 1.